The lowest BCUT2D eigenvalue weighted by molar-refractivity contribution is 0.410. The van der Waals surface area contributed by atoms with Crippen molar-refractivity contribution in [2.24, 2.45) is 5.92 Å². The standard InChI is InChI=1S/C11H12BrFO/c1-14-8-4-5-9(10(13)6-8)11(12)7-2-3-7/h4-7,11H,2-3H2,1H3. The fourth-order valence-corrected chi connectivity index (χ4v) is 2.40. The van der Waals surface area contributed by atoms with Crippen LogP contribution in [0.25, 0.3) is 0 Å². The molecule has 1 unspecified atom stereocenters. The molecular formula is C11H12BrFO. The summed E-state index contributed by atoms with van der Waals surface area (Å²) < 4.78 is 18.5. The molecule has 0 amide bonds. The van der Waals surface area contributed by atoms with Crippen molar-refractivity contribution < 1.29 is 9.13 Å². The molecule has 1 fully saturated rings. The van der Waals surface area contributed by atoms with E-state index in [0.717, 1.165) is 5.56 Å². The maximum atomic E-state index is 13.6. The highest BCUT2D eigenvalue weighted by Crippen LogP contribution is 2.47. The number of alkyl halides is 1. The maximum absolute atomic E-state index is 13.6. The monoisotopic (exact) mass is 258 g/mol. The first-order valence-electron chi connectivity index (χ1n) is 4.70. The van der Waals surface area contributed by atoms with Crippen LogP contribution in [0.5, 0.6) is 5.75 Å². The van der Waals surface area contributed by atoms with Gasteiger partial charge in [0, 0.05) is 16.5 Å². The average Bonchev–Trinajstić information content (AvgIpc) is 3.00. The Kier molecular flexibility index (Phi) is 2.77. The van der Waals surface area contributed by atoms with Crippen LogP contribution in [0.2, 0.25) is 0 Å². The zero-order valence-corrected chi connectivity index (χ0v) is 9.55. The lowest BCUT2D eigenvalue weighted by Gasteiger charge is -2.10. The fourth-order valence-electron chi connectivity index (χ4n) is 1.50. The Hall–Kier alpha value is -0.570. The smallest absolute Gasteiger partial charge is 0.131 e. The van der Waals surface area contributed by atoms with E-state index < -0.39 is 0 Å². The van der Waals surface area contributed by atoms with Crippen LogP contribution in [0.1, 0.15) is 23.2 Å². The number of halogens is 2. The van der Waals surface area contributed by atoms with Gasteiger partial charge in [-0.1, -0.05) is 22.0 Å². The van der Waals surface area contributed by atoms with Gasteiger partial charge in [0.05, 0.1) is 7.11 Å². The predicted octanol–water partition coefficient (Wildman–Crippen LogP) is 3.68. The van der Waals surface area contributed by atoms with E-state index in [4.69, 9.17) is 4.74 Å². The second kappa shape index (κ2) is 3.89. The summed E-state index contributed by atoms with van der Waals surface area (Å²) in [7, 11) is 1.54. The van der Waals surface area contributed by atoms with Crippen LogP contribution >= 0.6 is 15.9 Å². The largest absolute Gasteiger partial charge is 0.497 e. The summed E-state index contributed by atoms with van der Waals surface area (Å²) in [6.45, 7) is 0. The SMILES string of the molecule is COc1ccc(C(Br)C2CC2)c(F)c1. The number of rotatable bonds is 3. The minimum Gasteiger partial charge on any atom is -0.497 e. The molecular weight excluding hydrogens is 247 g/mol. The highest BCUT2D eigenvalue weighted by Gasteiger charge is 2.31. The van der Waals surface area contributed by atoms with E-state index >= 15 is 0 Å². The molecule has 1 aliphatic rings. The van der Waals surface area contributed by atoms with Crippen LogP contribution in [0.3, 0.4) is 0 Å². The quantitative estimate of drug-likeness (QED) is 0.752. The summed E-state index contributed by atoms with van der Waals surface area (Å²) in [6.07, 6.45) is 2.39. The van der Waals surface area contributed by atoms with Crippen molar-refractivity contribution in [3.8, 4) is 5.75 Å². The van der Waals surface area contributed by atoms with E-state index in [2.05, 4.69) is 15.9 Å². The second-order valence-electron chi connectivity index (χ2n) is 3.63. The molecule has 0 aromatic heterocycles. The van der Waals surface area contributed by atoms with Crippen molar-refractivity contribution in [2.75, 3.05) is 7.11 Å². The molecule has 0 heterocycles. The summed E-state index contributed by atoms with van der Waals surface area (Å²) >= 11 is 3.53. The van der Waals surface area contributed by atoms with Gasteiger partial charge < -0.3 is 4.74 Å². The Balaban J connectivity index is 2.24. The zero-order chi connectivity index (χ0) is 10.1. The third kappa shape index (κ3) is 1.92. The van der Waals surface area contributed by atoms with Gasteiger partial charge in [-0.3, -0.25) is 0 Å². The van der Waals surface area contributed by atoms with Gasteiger partial charge in [-0.25, -0.2) is 4.39 Å². The normalized spacial score (nSPS) is 17.9. The fraction of sp³-hybridized carbons (Fsp3) is 0.455. The maximum Gasteiger partial charge on any atom is 0.131 e. The van der Waals surface area contributed by atoms with Gasteiger partial charge in [-0.15, -0.1) is 0 Å². The van der Waals surface area contributed by atoms with Crippen molar-refractivity contribution in [3.05, 3.63) is 29.6 Å². The summed E-state index contributed by atoms with van der Waals surface area (Å²) in [6, 6.07) is 5.03. The van der Waals surface area contributed by atoms with Crippen LogP contribution < -0.4 is 4.74 Å². The number of benzene rings is 1. The Labute approximate surface area is 91.4 Å². The summed E-state index contributed by atoms with van der Waals surface area (Å²) in [5, 5.41) is 0. The molecule has 0 spiro atoms. The van der Waals surface area contributed by atoms with E-state index in [9.17, 15) is 4.39 Å². The molecule has 0 bridgehead atoms. The zero-order valence-electron chi connectivity index (χ0n) is 7.97. The van der Waals surface area contributed by atoms with Gasteiger partial charge in [-0.2, -0.15) is 0 Å². The van der Waals surface area contributed by atoms with Crippen molar-refractivity contribution in [2.45, 2.75) is 17.7 Å². The Morgan fingerprint density at radius 2 is 2.21 bits per heavy atom. The van der Waals surface area contributed by atoms with Gasteiger partial charge in [0.1, 0.15) is 11.6 Å². The molecule has 0 aliphatic heterocycles. The van der Waals surface area contributed by atoms with Gasteiger partial charge in [-0.05, 0) is 24.8 Å². The van der Waals surface area contributed by atoms with E-state index in [1.54, 1.807) is 19.2 Å². The predicted molar refractivity (Wildman–Crippen MR) is 57.3 cm³/mol. The van der Waals surface area contributed by atoms with E-state index in [1.165, 1.54) is 18.9 Å². The average molecular weight is 259 g/mol. The Morgan fingerprint density at radius 3 is 2.71 bits per heavy atom. The first-order valence-corrected chi connectivity index (χ1v) is 5.61. The van der Waals surface area contributed by atoms with Crippen LogP contribution in [0.15, 0.2) is 18.2 Å². The molecule has 3 heteroatoms. The van der Waals surface area contributed by atoms with Crippen LogP contribution in [-0.4, -0.2) is 7.11 Å². The van der Waals surface area contributed by atoms with Crippen molar-refractivity contribution >= 4 is 15.9 Å². The molecule has 1 atom stereocenters. The minimum atomic E-state index is -0.182. The van der Waals surface area contributed by atoms with Crippen LogP contribution in [0.4, 0.5) is 4.39 Å². The number of hydrogen-bond acceptors (Lipinski definition) is 1. The van der Waals surface area contributed by atoms with Crippen molar-refractivity contribution in [1.29, 1.82) is 0 Å². The lowest BCUT2D eigenvalue weighted by atomic mass is 10.1. The highest BCUT2D eigenvalue weighted by molar-refractivity contribution is 9.09. The van der Waals surface area contributed by atoms with E-state index in [1.807, 2.05) is 0 Å². The highest BCUT2D eigenvalue weighted by atomic mass is 79.9. The first kappa shape index (κ1) is 9.97. The molecule has 1 aromatic carbocycles. The molecule has 76 valence electrons. The molecule has 0 saturated heterocycles. The van der Waals surface area contributed by atoms with Gasteiger partial charge in [0.15, 0.2) is 0 Å². The molecule has 1 aromatic rings. The van der Waals surface area contributed by atoms with E-state index in [0.29, 0.717) is 11.7 Å². The molecule has 0 radical (unpaired) electrons. The summed E-state index contributed by atoms with van der Waals surface area (Å²) in [5.74, 6) is 0.998. The Bertz CT molecular complexity index is 336. The van der Waals surface area contributed by atoms with Gasteiger partial charge in [0.2, 0.25) is 0 Å². The molecule has 1 aliphatic carbocycles. The van der Waals surface area contributed by atoms with Crippen molar-refractivity contribution in [3.63, 3.8) is 0 Å². The third-order valence-corrected chi connectivity index (χ3v) is 3.78. The lowest BCUT2D eigenvalue weighted by Crippen LogP contribution is -1.97. The second-order valence-corrected chi connectivity index (χ2v) is 4.61. The minimum absolute atomic E-state index is 0.161. The number of hydrogen-bond donors (Lipinski definition) is 0. The van der Waals surface area contributed by atoms with Crippen LogP contribution in [-0.2, 0) is 0 Å². The topological polar surface area (TPSA) is 9.23 Å². The molecule has 0 N–H and O–H groups in total. The third-order valence-electron chi connectivity index (χ3n) is 2.54. The molecule has 1 saturated carbocycles. The summed E-state index contributed by atoms with van der Waals surface area (Å²) in [4.78, 5) is 0.161. The Morgan fingerprint density at radius 1 is 1.50 bits per heavy atom. The summed E-state index contributed by atoms with van der Waals surface area (Å²) in [5.41, 5.74) is 0.744. The molecule has 2 rings (SSSR count). The molecule has 14 heavy (non-hydrogen) atoms. The van der Waals surface area contributed by atoms with Gasteiger partial charge >= 0.3 is 0 Å². The van der Waals surface area contributed by atoms with Gasteiger partial charge in [0.25, 0.3) is 0 Å². The molecule has 1 nitrogen and oxygen atoms in total. The van der Waals surface area contributed by atoms with Crippen LogP contribution in [0, 0.1) is 11.7 Å². The van der Waals surface area contributed by atoms with Crippen molar-refractivity contribution in [1.82, 2.24) is 0 Å². The first-order chi connectivity index (χ1) is 6.72. The van der Waals surface area contributed by atoms with E-state index in [-0.39, 0.29) is 10.6 Å². The number of methoxy groups -OCH3 is 1. The number of ether oxygens (including phenoxy) is 1.